The van der Waals surface area contributed by atoms with Gasteiger partial charge in [-0.25, -0.2) is 0 Å². The zero-order chi connectivity index (χ0) is 20.3. The topological polar surface area (TPSA) is 76.3 Å². The first kappa shape index (κ1) is 18.5. The summed E-state index contributed by atoms with van der Waals surface area (Å²) >= 11 is 10.8. The Bertz CT molecular complexity index is 1350. The van der Waals surface area contributed by atoms with E-state index in [0.717, 1.165) is 15.0 Å². The van der Waals surface area contributed by atoms with Gasteiger partial charge in [0.15, 0.2) is 5.43 Å². The standard InChI is InChI=1S/C20H11BrClN3O3S/c1-9-23-24-20(29-9)25-16(10-2-4-11(21)5-3-10)15-17(26)13-8-12(22)6-7-14(13)28-18(15)19(25)27/h2-8,16H,1H3. The predicted octanol–water partition coefficient (Wildman–Crippen LogP) is 5.12. The lowest BCUT2D eigenvalue weighted by Gasteiger charge is -2.22. The number of halogens is 2. The Morgan fingerprint density at radius 2 is 1.90 bits per heavy atom. The van der Waals surface area contributed by atoms with Gasteiger partial charge in [-0.1, -0.05) is 51.0 Å². The molecule has 144 valence electrons. The van der Waals surface area contributed by atoms with Crippen molar-refractivity contribution in [3.8, 4) is 0 Å². The van der Waals surface area contributed by atoms with E-state index < -0.39 is 11.9 Å². The molecule has 29 heavy (non-hydrogen) atoms. The SMILES string of the molecule is Cc1nnc(N2C(=O)c3oc4ccc(Cl)cc4c(=O)c3C2c2ccc(Br)cc2)s1. The summed E-state index contributed by atoms with van der Waals surface area (Å²) in [7, 11) is 0. The molecule has 0 bridgehead atoms. The number of nitrogens with zero attached hydrogens (tertiary/aromatic N) is 3. The monoisotopic (exact) mass is 487 g/mol. The highest BCUT2D eigenvalue weighted by molar-refractivity contribution is 9.10. The van der Waals surface area contributed by atoms with Crippen molar-refractivity contribution in [2.45, 2.75) is 13.0 Å². The molecule has 0 aliphatic carbocycles. The van der Waals surface area contributed by atoms with Crippen molar-refractivity contribution >= 4 is 60.9 Å². The number of rotatable bonds is 2. The van der Waals surface area contributed by atoms with E-state index >= 15 is 0 Å². The fourth-order valence-electron chi connectivity index (χ4n) is 3.49. The van der Waals surface area contributed by atoms with Crippen LogP contribution in [0.1, 0.15) is 32.7 Å². The number of aryl methyl sites for hydroxylation is 1. The number of amides is 1. The Morgan fingerprint density at radius 3 is 2.59 bits per heavy atom. The fraction of sp³-hybridized carbons (Fsp3) is 0.100. The van der Waals surface area contributed by atoms with Gasteiger partial charge < -0.3 is 4.42 Å². The van der Waals surface area contributed by atoms with Gasteiger partial charge in [0, 0.05) is 9.50 Å². The van der Waals surface area contributed by atoms with Crippen molar-refractivity contribution in [2.24, 2.45) is 0 Å². The lowest BCUT2D eigenvalue weighted by Crippen LogP contribution is -2.29. The van der Waals surface area contributed by atoms with Gasteiger partial charge in [0.2, 0.25) is 10.9 Å². The highest BCUT2D eigenvalue weighted by atomic mass is 79.9. The number of carbonyl (C=O) groups is 1. The van der Waals surface area contributed by atoms with E-state index in [9.17, 15) is 9.59 Å². The molecule has 2 aromatic carbocycles. The average molecular weight is 489 g/mol. The molecular weight excluding hydrogens is 478 g/mol. The van der Waals surface area contributed by atoms with E-state index in [1.165, 1.54) is 16.2 Å². The van der Waals surface area contributed by atoms with Crippen LogP contribution in [0, 0.1) is 6.92 Å². The van der Waals surface area contributed by atoms with Crippen LogP contribution in [-0.2, 0) is 0 Å². The van der Waals surface area contributed by atoms with Crippen LogP contribution >= 0.6 is 38.9 Å². The molecule has 9 heteroatoms. The summed E-state index contributed by atoms with van der Waals surface area (Å²) in [6.45, 7) is 1.81. The third-order valence-electron chi connectivity index (χ3n) is 4.74. The molecule has 1 aliphatic rings. The molecule has 0 N–H and O–H groups in total. The molecule has 2 aromatic heterocycles. The van der Waals surface area contributed by atoms with Crippen LogP contribution < -0.4 is 10.3 Å². The second-order valence-corrected chi connectivity index (χ2v) is 9.06. The Labute approximate surface area is 181 Å². The number of aromatic nitrogens is 2. The van der Waals surface area contributed by atoms with Crippen LogP contribution in [0.25, 0.3) is 11.0 Å². The first-order valence-electron chi connectivity index (χ1n) is 8.59. The maximum absolute atomic E-state index is 13.4. The van der Waals surface area contributed by atoms with Crippen molar-refractivity contribution in [2.75, 3.05) is 4.90 Å². The van der Waals surface area contributed by atoms with Gasteiger partial charge in [-0.2, -0.15) is 0 Å². The Morgan fingerprint density at radius 1 is 1.14 bits per heavy atom. The van der Waals surface area contributed by atoms with Gasteiger partial charge in [0.25, 0.3) is 5.91 Å². The molecule has 0 fully saturated rings. The molecular formula is C20H11BrClN3O3S. The maximum atomic E-state index is 13.4. The van der Waals surface area contributed by atoms with E-state index in [1.807, 2.05) is 31.2 Å². The fourth-order valence-corrected chi connectivity index (χ4v) is 4.64. The normalized spacial score (nSPS) is 15.9. The van der Waals surface area contributed by atoms with E-state index in [-0.39, 0.29) is 16.8 Å². The van der Waals surface area contributed by atoms with Crippen molar-refractivity contribution < 1.29 is 9.21 Å². The predicted molar refractivity (Wildman–Crippen MR) is 115 cm³/mol. The maximum Gasteiger partial charge on any atom is 0.297 e. The summed E-state index contributed by atoms with van der Waals surface area (Å²) in [5.74, 6) is -0.399. The summed E-state index contributed by atoms with van der Waals surface area (Å²) in [5, 5.41) is 10.1. The van der Waals surface area contributed by atoms with Crippen LogP contribution in [0.3, 0.4) is 0 Å². The molecule has 3 heterocycles. The lowest BCUT2D eigenvalue weighted by molar-refractivity contribution is 0.0970. The Balaban J connectivity index is 1.83. The number of hydrogen-bond acceptors (Lipinski definition) is 6. The highest BCUT2D eigenvalue weighted by Crippen LogP contribution is 2.42. The smallest absolute Gasteiger partial charge is 0.297 e. The molecule has 1 unspecified atom stereocenters. The van der Waals surface area contributed by atoms with Gasteiger partial charge in [0.1, 0.15) is 10.6 Å². The minimum Gasteiger partial charge on any atom is -0.450 e. The van der Waals surface area contributed by atoms with Crippen molar-refractivity contribution in [3.05, 3.63) is 84.1 Å². The molecule has 5 rings (SSSR count). The van der Waals surface area contributed by atoms with E-state index in [4.69, 9.17) is 16.0 Å². The molecule has 0 saturated heterocycles. The first-order valence-corrected chi connectivity index (χ1v) is 10.6. The molecule has 0 radical (unpaired) electrons. The third kappa shape index (κ3) is 2.90. The van der Waals surface area contributed by atoms with Crippen LogP contribution in [0.5, 0.6) is 0 Å². The zero-order valence-corrected chi connectivity index (χ0v) is 18.0. The lowest BCUT2D eigenvalue weighted by atomic mass is 9.99. The van der Waals surface area contributed by atoms with Gasteiger partial charge >= 0.3 is 0 Å². The number of benzene rings is 2. The second-order valence-electron chi connectivity index (χ2n) is 6.55. The van der Waals surface area contributed by atoms with E-state index in [0.29, 0.717) is 21.1 Å². The van der Waals surface area contributed by atoms with Crippen molar-refractivity contribution in [1.29, 1.82) is 0 Å². The van der Waals surface area contributed by atoms with Crippen LogP contribution in [0.15, 0.2) is 56.1 Å². The summed E-state index contributed by atoms with van der Waals surface area (Å²) in [4.78, 5) is 28.2. The van der Waals surface area contributed by atoms with Crippen LogP contribution in [-0.4, -0.2) is 16.1 Å². The van der Waals surface area contributed by atoms with Crippen molar-refractivity contribution in [1.82, 2.24) is 10.2 Å². The van der Waals surface area contributed by atoms with Crippen molar-refractivity contribution in [3.63, 3.8) is 0 Å². The number of fused-ring (bicyclic) bond motifs is 2. The summed E-state index contributed by atoms with van der Waals surface area (Å²) in [5.41, 5.74) is 1.08. The molecule has 0 saturated carbocycles. The summed E-state index contributed by atoms with van der Waals surface area (Å²) < 4.78 is 6.77. The minimum absolute atomic E-state index is 0.0191. The average Bonchev–Trinajstić information content (AvgIpc) is 3.25. The second kappa shape index (κ2) is 6.76. The van der Waals surface area contributed by atoms with Gasteiger partial charge in [-0.15, -0.1) is 10.2 Å². The van der Waals surface area contributed by atoms with Gasteiger partial charge in [0.05, 0.1) is 17.0 Å². The van der Waals surface area contributed by atoms with Crippen LogP contribution in [0.2, 0.25) is 5.02 Å². The van der Waals surface area contributed by atoms with E-state index in [1.54, 1.807) is 18.2 Å². The molecule has 1 atom stereocenters. The zero-order valence-electron chi connectivity index (χ0n) is 14.8. The Kier molecular flexibility index (Phi) is 4.31. The number of anilines is 1. The largest absolute Gasteiger partial charge is 0.450 e. The summed E-state index contributed by atoms with van der Waals surface area (Å²) in [6.07, 6.45) is 0. The van der Waals surface area contributed by atoms with E-state index in [2.05, 4.69) is 26.1 Å². The highest BCUT2D eigenvalue weighted by Gasteiger charge is 2.45. The molecule has 4 aromatic rings. The number of hydrogen-bond donors (Lipinski definition) is 0. The molecule has 6 nitrogen and oxygen atoms in total. The third-order valence-corrected chi connectivity index (χ3v) is 6.34. The minimum atomic E-state index is -0.669. The Hall–Kier alpha value is -2.55. The molecule has 1 aliphatic heterocycles. The van der Waals surface area contributed by atoms with Crippen LogP contribution in [0.4, 0.5) is 5.13 Å². The summed E-state index contributed by atoms with van der Waals surface area (Å²) in [6, 6.07) is 11.6. The quantitative estimate of drug-likeness (QED) is 0.391. The number of carbonyl (C=O) groups excluding carboxylic acids is 1. The van der Waals surface area contributed by atoms with Gasteiger partial charge in [-0.05, 0) is 42.8 Å². The first-order chi connectivity index (χ1) is 13.9. The van der Waals surface area contributed by atoms with Gasteiger partial charge in [-0.3, -0.25) is 14.5 Å². The molecule has 1 amide bonds. The molecule has 0 spiro atoms.